The lowest BCUT2D eigenvalue weighted by molar-refractivity contribution is 0.187. The molecular weight excluding hydrogens is 218 g/mol. The van der Waals surface area contributed by atoms with Crippen LogP contribution in [0.15, 0.2) is 6.33 Å². The Balaban J connectivity index is 2.05. The molecule has 1 atom stereocenters. The number of aromatic nitrogens is 2. The molecule has 1 aromatic heterocycles. The van der Waals surface area contributed by atoms with Gasteiger partial charge < -0.3 is 21.5 Å². The van der Waals surface area contributed by atoms with Crippen LogP contribution in [-0.4, -0.2) is 40.3 Å². The van der Waals surface area contributed by atoms with Crippen molar-refractivity contribution in [2.24, 2.45) is 0 Å². The minimum Gasteiger partial charge on any atom is -0.394 e. The summed E-state index contributed by atoms with van der Waals surface area (Å²) in [6, 6.07) is 0. The summed E-state index contributed by atoms with van der Waals surface area (Å²) in [5.41, 5.74) is 7.30. The van der Waals surface area contributed by atoms with Crippen molar-refractivity contribution in [2.45, 2.75) is 25.3 Å². The van der Waals surface area contributed by atoms with Crippen LogP contribution in [0, 0.1) is 0 Å². The molecule has 2 rings (SSSR count). The molecule has 1 aliphatic rings. The van der Waals surface area contributed by atoms with Crippen molar-refractivity contribution in [3.05, 3.63) is 12.0 Å². The summed E-state index contributed by atoms with van der Waals surface area (Å²) in [5, 5.41) is 15.7. The molecule has 0 amide bonds. The molecule has 0 aromatic carbocycles. The van der Waals surface area contributed by atoms with Gasteiger partial charge in [-0.05, 0) is 13.8 Å². The normalized spacial score (nSPS) is 18.9. The van der Waals surface area contributed by atoms with Gasteiger partial charge in [0.1, 0.15) is 6.33 Å². The minimum atomic E-state index is -0.276. The summed E-state index contributed by atoms with van der Waals surface area (Å²) in [4.78, 5) is 8.23. The van der Waals surface area contributed by atoms with Crippen LogP contribution in [0.3, 0.4) is 0 Å². The van der Waals surface area contributed by atoms with E-state index >= 15 is 0 Å². The van der Waals surface area contributed by atoms with E-state index in [1.54, 1.807) is 0 Å². The van der Waals surface area contributed by atoms with Crippen LogP contribution < -0.4 is 16.4 Å². The predicted molar refractivity (Wildman–Crippen MR) is 66.8 cm³/mol. The van der Waals surface area contributed by atoms with E-state index in [0.717, 1.165) is 24.5 Å². The molecule has 1 aliphatic heterocycles. The number of nitrogen functional groups attached to an aromatic ring is 1. The molecule has 0 radical (unpaired) electrons. The largest absolute Gasteiger partial charge is 0.394 e. The van der Waals surface area contributed by atoms with Gasteiger partial charge in [-0.15, -0.1) is 0 Å². The number of rotatable bonds is 4. The Bertz CT molecular complexity index is 407. The van der Waals surface area contributed by atoms with Crippen molar-refractivity contribution in [3.8, 4) is 0 Å². The minimum absolute atomic E-state index is 0.103. The zero-order chi connectivity index (χ0) is 12.5. The Kier molecular flexibility index (Phi) is 3.17. The molecule has 6 nitrogen and oxygen atoms in total. The maximum atomic E-state index is 9.18. The highest BCUT2D eigenvalue weighted by Crippen LogP contribution is 2.32. The smallest absolute Gasteiger partial charge is 0.150 e. The van der Waals surface area contributed by atoms with Gasteiger partial charge in [-0.25, -0.2) is 9.97 Å². The molecule has 1 unspecified atom stereocenters. The lowest BCUT2D eigenvalue weighted by atomic mass is 10.0. The average molecular weight is 237 g/mol. The first kappa shape index (κ1) is 12.1. The van der Waals surface area contributed by atoms with Gasteiger partial charge in [0.15, 0.2) is 5.82 Å². The summed E-state index contributed by atoms with van der Waals surface area (Å²) in [6.45, 7) is 5.58. The van der Waals surface area contributed by atoms with E-state index in [1.165, 1.54) is 6.33 Å². The van der Waals surface area contributed by atoms with Crippen LogP contribution in [0.2, 0.25) is 0 Å². The SMILES string of the molecule is CC(C)(CO)NCC1CNc2c(N)ncnc21. The lowest BCUT2D eigenvalue weighted by Gasteiger charge is -2.25. The number of aliphatic hydroxyl groups is 1. The lowest BCUT2D eigenvalue weighted by Crippen LogP contribution is -2.44. The summed E-state index contributed by atoms with van der Waals surface area (Å²) in [5.74, 6) is 0.764. The van der Waals surface area contributed by atoms with E-state index in [9.17, 15) is 5.11 Å². The Morgan fingerprint density at radius 3 is 3.06 bits per heavy atom. The molecule has 94 valence electrons. The molecule has 0 bridgehead atoms. The maximum Gasteiger partial charge on any atom is 0.150 e. The fourth-order valence-corrected chi connectivity index (χ4v) is 1.85. The standard InChI is InChI=1S/C11H19N5O/c1-11(2,5-17)16-4-7-3-13-9-8(7)14-6-15-10(9)12/h6-7,13,16-17H,3-5H2,1-2H3,(H2,12,14,15). The number of anilines is 2. The van der Waals surface area contributed by atoms with Crippen LogP contribution in [0.25, 0.3) is 0 Å². The molecule has 2 heterocycles. The van der Waals surface area contributed by atoms with Crippen molar-refractivity contribution in [3.63, 3.8) is 0 Å². The van der Waals surface area contributed by atoms with Gasteiger partial charge in [0.05, 0.1) is 18.0 Å². The Labute approximate surface area is 101 Å². The van der Waals surface area contributed by atoms with E-state index in [0.29, 0.717) is 5.82 Å². The number of hydrogen-bond acceptors (Lipinski definition) is 6. The Morgan fingerprint density at radius 1 is 1.59 bits per heavy atom. The topological polar surface area (TPSA) is 96.1 Å². The van der Waals surface area contributed by atoms with E-state index in [2.05, 4.69) is 20.6 Å². The highest BCUT2D eigenvalue weighted by atomic mass is 16.3. The molecule has 0 fully saturated rings. The summed E-state index contributed by atoms with van der Waals surface area (Å²) >= 11 is 0. The maximum absolute atomic E-state index is 9.18. The second-order valence-electron chi connectivity index (χ2n) is 5.02. The molecule has 0 saturated heterocycles. The third-order valence-electron chi connectivity index (χ3n) is 3.04. The summed E-state index contributed by atoms with van der Waals surface area (Å²) in [6.07, 6.45) is 1.49. The van der Waals surface area contributed by atoms with Crippen LogP contribution in [0.5, 0.6) is 0 Å². The van der Waals surface area contributed by atoms with Crippen molar-refractivity contribution in [2.75, 3.05) is 30.7 Å². The first-order valence-corrected chi connectivity index (χ1v) is 5.73. The summed E-state index contributed by atoms with van der Waals surface area (Å²) < 4.78 is 0. The van der Waals surface area contributed by atoms with Crippen LogP contribution in [0.4, 0.5) is 11.5 Å². The van der Waals surface area contributed by atoms with Crippen LogP contribution >= 0.6 is 0 Å². The monoisotopic (exact) mass is 237 g/mol. The van der Waals surface area contributed by atoms with E-state index in [4.69, 9.17) is 5.73 Å². The van der Waals surface area contributed by atoms with Crippen molar-refractivity contribution in [1.29, 1.82) is 0 Å². The molecule has 0 aliphatic carbocycles. The molecule has 6 heteroatoms. The summed E-state index contributed by atoms with van der Waals surface area (Å²) in [7, 11) is 0. The first-order valence-electron chi connectivity index (χ1n) is 5.73. The number of hydrogen-bond donors (Lipinski definition) is 4. The predicted octanol–water partition coefficient (Wildman–Crippen LogP) is -0.0716. The van der Waals surface area contributed by atoms with Gasteiger partial charge in [0.25, 0.3) is 0 Å². The first-order chi connectivity index (χ1) is 8.03. The third-order valence-corrected chi connectivity index (χ3v) is 3.04. The van der Waals surface area contributed by atoms with Gasteiger partial charge in [0, 0.05) is 24.5 Å². The third kappa shape index (κ3) is 2.48. The number of aliphatic hydroxyl groups excluding tert-OH is 1. The molecule has 0 saturated carbocycles. The van der Waals surface area contributed by atoms with Gasteiger partial charge in [-0.2, -0.15) is 0 Å². The molecule has 17 heavy (non-hydrogen) atoms. The van der Waals surface area contributed by atoms with Crippen LogP contribution in [0.1, 0.15) is 25.5 Å². The van der Waals surface area contributed by atoms with Crippen molar-refractivity contribution < 1.29 is 5.11 Å². The highest BCUT2D eigenvalue weighted by Gasteiger charge is 2.27. The molecule has 1 aromatic rings. The average Bonchev–Trinajstić information content (AvgIpc) is 2.71. The van der Waals surface area contributed by atoms with Gasteiger partial charge in [0.2, 0.25) is 0 Å². The number of nitrogens with two attached hydrogens (primary N) is 1. The fraction of sp³-hybridized carbons (Fsp3) is 0.636. The fourth-order valence-electron chi connectivity index (χ4n) is 1.85. The van der Waals surface area contributed by atoms with Gasteiger partial charge in [-0.3, -0.25) is 0 Å². The molecule has 5 N–H and O–H groups in total. The Morgan fingerprint density at radius 2 is 2.35 bits per heavy atom. The number of nitrogens with zero attached hydrogens (tertiary/aromatic N) is 2. The number of fused-ring (bicyclic) bond motifs is 1. The Hall–Kier alpha value is -1.40. The van der Waals surface area contributed by atoms with Crippen molar-refractivity contribution >= 4 is 11.5 Å². The zero-order valence-electron chi connectivity index (χ0n) is 10.2. The van der Waals surface area contributed by atoms with E-state index in [1.807, 2.05) is 13.8 Å². The second kappa shape index (κ2) is 4.46. The molecule has 0 spiro atoms. The molecular formula is C11H19N5O. The highest BCUT2D eigenvalue weighted by molar-refractivity contribution is 5.68. The quantitative estimate of drug-likeness (QED) is 0.585. The van der Waals surface area contributed by atoms with Crippen LogP contribution in [-0.2, 0) is 0 Å². The van der Waals surface area contributed by atoms with Crippen molar-refractivity contribution in [1.82, 2.24) is 15.3 Å². The van der Waals surface area contributed by atoms with E-state index in [-0.39, 0.29) is 18.1 Å². The van der Waals surface area contributed by atoms with Gasteiger partial charge >= 0.3 is 0 Å². The van der Waals surface area contributed by atoms with E-state index < -0.39 is 0 Å². The van der Waals surface area contributed by atoms with Gasteiger partial charge in [-0.1, -0.05) is 0 Å². The zero-order valence-corrected chi connectivity index (χ0v) is 10.2. The number of nitrogens with one attached hydrogen (secondary N) is 2. The second-order valence-corrected chi connectivity index (χ2v) is 5.02.